The predicted octanol–water partition coefficient (Wildman–Crippen LogP) is 6.36. The first-order valence-corrected chi connectivity index (χ1v) is 19.9. The summed E-state index contributed by atoms with van der Waals surface area (Å²) in [5.74, 6) is -1.92. The Labute approximate surface area is 356 Å². The molecule has 5 aromatic rings. The number of fused-ring (bicyclic) bond motifs is 1. The smallest absolute Gasteiger partial charge is 0.411 e. The molecule has 2 amide bonds. The Morgan fingerprint density at radius 2 is 1.56 bits per heavy atom. The summed E-state index contributed by atoms with van der Waals surface area (Å²) in [5.41, 5.74) is 4.21. The molecule has 17 heteroatoms. The number of ether oxygens (including phenoxy) is 2. The lowest BCUT2D eigenvalue weighted by Gasteiger charge is -2.31. The molecule has 1 aliphatic rings. The molecule has 0 saturated carbocycles. The molecular weight excluding hydrogens is 810 g/mol. The van der Waals surface area contributed by atoms with E-state index in [9.17, 15) is 34.2 Å². The minimum Gasteiger partial charge on any atom is -0.506 e. The van der Waals surface area contributed by atoms with Crippen LogP contribution >= 0.6 is 11.6 Å². The van der Waals surface area contributed by atoms with Crippen LogP contribution in [0.2, 0.25) is 5.02 Å². The number of amides is 2. The fourth-order valence-electron chi connectivity index (χ4n) is 6.71. The highest BCUT2D eigenvalue weighted by molar-refractivity contribution is 6.33. The normalized spacial score (nSPS) is 13.4. The van der Waals surface area contributed by atoms with Crippen molar-refractivity contribution in [3.05, 3.63) is 117 Å². The average molecular weight is 858 g/mol. The molecule has 0 aliphatic carbocycles. The zero-order chi connectivity index (χ0) is 43.9. The number of aromatic amines is 1. The van der Waals surface area contributed by atoms with Crippen LogP contribution in [0.5, 0.6) is 11.5 Å². The first kappa shape index (κ1) is 45.6. The van der Waals surface area contributed by atoms with Crippen molar-refractivity contribution >= 4 is 57.8 Å². The Hall–Kier alpha value is -6.46. The fraction of sp³-hybridized carbons (Fsp3) is 0.295. The molecule has 4 aromatic carbocycles. The summed E-state index contributed by atoms with van der Waals surface area (Å²) in [5, 5.41) is 46.7. The highest BCUT2D eigenvalue weighted by Gasteiger charge is 2.24. The number of hydrogen-bond donors (Lipinski definition) is 8. The summed E-state index contributed by atoms with van der Waals surface area (Å²) >= 11 is 6.57. The van der Waals surface area contributed by atoms with E-state index in [4.69, 9.17) is 31.3 Å². The molecule has 1 fully saturated rings. The van der Waals surface area contributed by atoms with E-state index in [-0.39, 0.29) is 54.6 Å². The van der Waals surface area contributed by atoms with Crippen LogP contribution < -0.4 is 26.2 Å². The third-order valence-electron chi connectivity index (χ3n) is 9.83. The topological polar surface area (TPSA) is 240 Å². The zero-order valence-corrected chi connectivity index (χ0v) is 34.1. The number of anilines is 2. The Morgan fingerprint density at radius 3 is 2.25 bits per heavy atom. The van der Waals surface area contributed by atoms with Crippen LogP contribution in [0.4, 0.5) is 16.2 Å². The van der Waals surface area contributed by atoms with Crippen molar-refractivity contribution in [2.45, 2.75) is 50.9 Å². The molecule has 8 N–H and O–H groups in total. The van der Waals surface area contributed by atoms with Gasteiger partial charge in [-0.2, -0.15) is 0 Å². The molecule has 0 spiro atoms. The van der Waals surface area contributed by atoms with Crippen LogP contribution in [0, 0.1) is 0 Å². The van der Waals surface area contributed by atoms with Gasteiger partial charge in [0.25, 0.3) is 0 Å². The summed E-state index contributed by atoms with van der Waals surface area (Å²) in [6.45, 7) is 2.40. The molecule has 2 heterocycles. The average Bonchev–Trinajstić information content (AvgIpc) is 3.24. The van der Waals surface area contributed by atoms with E-state index in [0.717, 1.165) is 16.7 Å². The van der Waals surface area contributed by atoms with Crippen LogP contribution in [0.25, 0.3) is 22.0 Å². The quantitative estimate of drug-likeness (QED) is 0.0540. The number of carbonyl (C=O) groups excluding carboxylic acids is 2. The molecule has 322 valence electrons. The number of aromatic hydroxyl groups is 1. The number of phenols is 1. The lowest BCUT2D eigenvalue weighted by molar-refractivity contribution is -0.143. The number of aliphatic carboxylic acids is 2. The number of aromatic nitrogens is 1. The molecular formula is C44H48ClN5O11. The van der Waals surface area contributed by atoms with E-state index in [0.29, 0.717) is 72.1 Å². The van der Waals surface area contributed by atoms with Crippen molar-refractivity contribution in [1.82, 2.24) is 15.2 Å². The molecule has 0 bridgehead atoms. The van der Waals surface area contributed by atoms with Crippen molar-refractivity contribution in [2.24, 2.45) is 0 Å². The second-order valence-electron chi connectivity index (χ2n) is 14.1. The van der Waals surface area contributed by atoms with Gasteiger partial charge in [-0.15, -0.1) is 0 Å². The lowest BCUT2D eigenvalue weighted by atomic mass is 10.0. The Bertz CT molecular complexity index is 2350. The van der Waals surface area contributed by atoms with Crippen molar-refractivity contribution in [3.8, 4) is 22.6 Å². The number of pyridine rings is 1. The summed E-state index contributed by atoms with van der Waals surface area (Å²) in [4.78, 5) is 61.5. The number of rotatable bonds is 16. The number of piperidine rings is 1. The van der Waals surface area contributed by atoms with E-state index < -0.39 is 24.1 Å². The van der Waals surface area contributed by atoms with Gasteiger partial charge in [0.1, 0.15) is 17.6 Å². The highest BCUT2D eigenvalue weighted by atomic mass is 35.5. The van der Waals surface area contributed by atoms with Gasteiger partial charge in [-0.3, -0.25) is 24.5 Å². The van der Waals surface area contributed by atoms with Gasteiger partial charge in [-0.05, 0) is 48.2 Å². The Morgan fingerprint density at radius 1 is 0.869 bits per heavy atom. The number of methoxy groups -OCH3 is 1. The maximum absolute atomic E-state index is 12.9. The number of H-pyrrole nitrogens is 1. The number of aliphatic hydroxyl groups excluding tert-OH is 1. The Kier molecular flexibility index (Phi) is 16.6. The van der Waals surface area contributed by atoms with E-state index in [1.54, 1.807) is 24.3 Å². The van der Waals surface area contributed by atoms with Crippen molar-refractivity contribution in [3.63, 3.8) is 0 Å². The molecule has 1 saturated heterocycles. The zero-order valence-electron chi connectivity index (χ0n) is 33.4. The number of hydrogen-bond acceptors (Lipinski definition) is 11. The van der Waals surface area contributed by atoms with Crippen LogP contribution in [0.15, 0.2) is 95.8 Å². The minimum atomic E-state index is -1.08. The number of halogens is 1. The number of aliphatic hydroxyl groups is 1. The molecule has 16 nitrogen and oxygen atoms in total. The second kappa shape index (κ2) is 22.2. The summed E-state index contributed by atoms with van der Waals surface area (Å²) in [7, 11) is 1.52. The first-order valence-electron chi connectivity index (χ1n) is 19.5. The number of benzene rings is 4. The van der Waals surface area contributed by atoms with Crippen molar-refractivity contribution in [1.29, 1.82) is 0 Å². The monoisotopic (exact) mass is 857 g/mol. The number of carboxylic acid groups (broad SMARTS) is 2. The second-order valence-corrected chi connectivity index (χ2v) is 14.6. The van der Waals surface area contributed by atoms with Gasteiger partial charge in [0.05, 0.1) is 48.0 Å². The summed E-state index contributed by atoms with van der Waals surface area (Å²) in [6.07, 6.45) is -0.650. The molecule has 0 radical (unpaired) electrons. The maximum Gasteiger partial charge on any atom is 0.411 e. The molecule has 0 unspecified atom stereocenters. The van der Waals surface area contributed by atoms with E-state index in [2.05, 4.69) is 25.8 Å². The van der Waals surface area contributed by atoms with Crippen molar-refractivity contribution < 1.29 is 49.1 Å². The number of phenolic OH excluding ortho intramolecular Hbond substituents is 1. The largest absolute Gasteiger partial charge is 0.506 e. The van der Waals surface area contributed by atoms with Crippen molar-refractivity contribution in [2.75, 3.05) is 43.9 Å². The molecule has 6 rings (SSSR count). The van der Waals surface area contributed by atoms with Crippen LogP contribution in [-0.2, 0) is 25.7 Å². The standard InChI is InChI=1S/C40H42ClN5O7.C4H6O4/c1-52-36-22-33(31(41)21-26(36)23-42-24-35(48)29-11-13-34(47)39-30(29)12-14-37(49)45-39)43-38(50)17-20-46-18-15-27(16-19-46)53-40(51)44-32-10-6-5-9-28(32)25-7-3-2-4-8-25;5-3(6)1-2-4(7)8/h2-14,21-22,27,35,42,47-48H,15-20,23-24H2,1H3,(H,43,50)(H,44,51)(H,45,49);1-2H2,(H,5,6)(H,7,8)/t35-;/m0./s1. The van der Waals surface area contributed by atoms with Gasteiger partial charge < -0.3 is 50.4 Å². The number of carboxylic acids is 2. The summed E-state index contributed by atoms with van der Waals surface area (Å²) in [6, 6.07) is 26.8. The molecule has 61 heavy (non-hydrogen) atoms. The number of carbonyl (C=O) groups is 4. The number of para-hydroxylation sites is 1. The van der Waals surface area contributed by atoms with Crippen LogP contribution in [0.1, 0.15) is 49.3 Å². The number of nitrogens with one attached hydrogen (secondary N) is 4. The number of likely N-dealkylation sites (tertiary alicyclic amines) is 1. The van der Waals surface area contributed by atoms with Gasteiger partial charge in [-0.25, -0.2) is 4.79 Å². The van der Waals surface area contributed by atoms with Gasteiger partial charge >= 0.3 is 18.0 Å². The molecule has 1 aliphatic heterocycles. The first-order chi connectivity index (χ1) is 29.3. The highest BCUT2D eigenvalue weighted by Crippen LogP contribution is 2.33. The lowest BCUT2D eigenvalue weighted by Crippen LogP contribution is -2.39. The van der Waals surface area contributed by atoms with Gasteiger partial charge in [0.2, 0.25) is 11.5 Å². The SMILES string of the molecule is COc1cc(NC(=O)CCN2CCC(OC(=O)Nc3ccccc3-c3ccccc3)CC2)c(Cl)cc1CNC[C@H](O)c1ccc(O)c2[nH]c(=O)ccc12.O=C(O)CCC(=O)O. The molecule has 1 aromatic heterocycles. The maximum atomic E-state index is 12.9. The van der Waals surface area contributed by atoms with E-state index in [1.165, 1.54) is 19.2 Å². The predicted molar refractivity (Wildman–Crippen MR) is 230 cm³/mol. The third kappa shape index (κ3) is 13.5. The fourth-order valence-corrected chi connectivity index (χ4v) is 6.94. The van der Waals surface area contributed by atoms with Crippen LogP contribution in [0.3, 0.4) is 0 Å². The van der Waals surface area contributed by atoms with Crippen LogP contribution in [-0.4, -0.2) is 93.6 Å². The summed E-state index contributed by atoms with van der Waals surface area (Å²) < 4.78 is 11.3. The Balaban J connectivity index is 0.000000800. The van der Waals surface area contributed by atoms with Gasteiger partial charge in [0.15, 0.2) is 0 Å². The number of nitrogens with zero attached hydrogens (tertiary/aromatic N) is 1. The molecule has 1 atom stereocenters. The van der Waals surface area contributed by atoms with E-state index in [1.807, 2.05) is 54.6 Å². The minimum absolute atomic E-state index is 0.0800. The van der Waals surface area contributed by atoms with Gasteiger partial charge in [0, 0.05) is 67.8 Å². The van der Waals surface area contributed by atoms with E-state index >= 15 is 0 Å². The van der Waals surface area contributed by atoms with Gasteiger partial charge in [-0.1, -0.05) is 66.2 Å². The third-order valence-corrected chi connectivity index (χ3v) is 10.1.